The first kappa shape index (κ1) is 19.9. The molecule has 3 heterocycles. The van der Waals surface area contributed by atoms with E-state index in [1.807, 2.05) is 11.0 Å². The standard InChI is InChI=1S/C23H36N4O/c1-24-12-8-20(9-13-24)19-26-17-15-25(16-18-26)14-10-23(28)27-11-4-6-21-5-2-3-7-22(21)27/h2-3,5,7,20H,4,6,8-19H2,1H3. The van der Waals surface area contributed by atoms with Crippen LogP contribution in [0.4, 0.5) is 5.69 Å². The molecule has 1 aromatic carbocycles. The summed E-state index contributed by atoms with van der Waals surface area (Å²) >= 11 is 0. The largest absolute Gasteiger partial charge is 0.312 e. The Morgan fingerprint density at radius 3 is 2.46 bits per heavy atom. The molecule has 0 aliphatic carbocycles. The van der Waals surface area contributed by atoms with Crippen LogP contribution in [0.25, 0.3) is 0 Å². The number of carbonyl (C=O) groups is 1. The van der Waals surface area contributed by atoms with Gasteiger partial charge < -0.3 is 19.6 Å². The summed E-state index contributed by atoms with van der Waals surface area (Å²) in [6, 6.07) is 8.40. The molecule has 28 heavy (non-hydrogen) atoms. The number of carbonyl (C=O) groups excluding carboxylic acids is 1. The molecule has 3 aliphatic rings. The first-order valence-electron chi connectivity index (χ1n) is 11.2. The molecule has 1 aromatic rings. The van der Waals surface area contributed by atoms with Crippen molar-refractivity contribution in [3.63, 3.8) is 0 Å². The van der Waals surface area contributed by atoms with Crippen LogP contribution in [0, 0.1) is 5.92 Å². The minimum Gasteiger partial charge on any atom is -0.312 e. The minimum absolute atomic E-state index is 0.293. The molecule has 5 heteroatoms. The van der Waals surface area contributed by atoms with E-state index >= 15 is 0 Å². The second kappa shape index (κ2) is 9.38. The summed E-state index contributed by atoms with van der Waals surface area (Å²) in [5.74, 6) is 1.17. The lowest BCUT2D eigenvalue weighted by molar-refractivity contribution is -0.119. The number of benzene rings is 1. The van der Waals surface area contributed by atoms with E-state index < -0.39 is 0 Å². The molecule has 2 fully saturated rings. The van der Waals surface area contributed by atoms with Crippen LogP contribution < -0.4 is 4.90 Å². The molecule has 0 N–H and O–H groups in total. The Hall–Kier alpha value is -1.43. The van der Waals surface area contributed by atoms with Crippen LogP contribution >= 0.6 is 0 Å². The van der Waals surface area contributed by atoms with Gasteiger partial charge in [-0.3, -0.25) is 4.79 Å². The van der Waals surface area contributed by atoms with Crippen molar-refractivity contribution in [2.24, 2.45) is 5.92 Å². The Bertz CT molecular complexity index is 648. The second-order valence-electron chi connectivity index (χ2n) is 8.92. The third kappa shape index (κ3) is 4.94. The summed E-state index contributed by atoms with van der Waals surface area (Å²) in [6.07, 6.45) is 5.52. The monoisotopic (exact) mass is 384 g/mol. The van der Waals surface area contributed by atoms with Gasteiger partial charge in [0.2, 0.25) is 5.91 Å². The number of anilines is 1. The van der Waals surface area contributed by atoms with Crippen LogP contribution in [0.1, 0.15) is 31.2 Å². The highest BCUT2D eigenvalue weighted by molar-refractivity contribution is 5.94. The third-order valence-electron chi connectivity index (χ3n) is 6.87. The predicted molar refractivity (Wildman–Crippen MR) is 115 cm³/mol. The molecular weight excluding hydrogens is 348 g/mol. The topological polar surface area (TPSA) is 30.0 Å². The summed E-state index contributed by atoms with van der Waals surface area (Å²) < 4.78 is 0. The van der Waals surface area contributed by atoms with E-state index in [-0.39, 0.29) is 0 Å². The fraction of sp³-hybridized carbons (Fsp3) is 0.696. The molecule has 0 unspecified atom stereocenters. The number of piperazine rings is 1. The molecule has 4 rings (SSSR count). The van der Waals surface area contributed by atoms with Crippen LogP contribution in [0.3, 0.4) is 0 Å². The van der Waals surface area contributed by atoms with E-state index in [4.69, 9.17) is 0 Å². The summed E-state index contributed by atoms with van der Waals surface area (Å²) in [5, 5.41) is 0. The fourth-order valence-corrected chi connectivity index (χ4v) is 4.99. The van der Waals surface area contributed by atoms with Crippen molar-refractivity contribution < 1.29 is 4.79 Å². The van der Waals surface area contributed by atoms with E-state index in [2.05, 4.69) is 39.9 Å². The average molecular weight is 385 g/mol. The van der Waals surface area contributed by atoms with Gasteiger partial charge in [-0.05, 0) is 63.4 Å². The first-order chi connectivity index (χ1) is 13.7. The van der Waals surface area contributed by atoms with Crippen molar-refractivity contribution in [1.82, 2.24) is 14.7 Å². The Morgan fingerprint density at radius 1 is 0.964 bits per heavy atom. The lowest BCUT2D eigenvalue weighted by atomic mass is 9.96. The number of aryl methyl sites for hydroxylation is 1. The van der Waals surface area contributed by atoms with Crippen LogP contribution in [0.15, 0.2) is 24.3 Å². The van der Waals surface area contributed by atoms with Gasteiger partial charge >= 0.3 is 0 Å². The number of hydrogen-bond donors (Lipinski definition) is 0. The number of para-hydroxylation sites is 1. The lowest BCUT2D eigenvalue weighted by Crippen LogP contribution is -2.49. The van der Waals surface area contributed by atoms with Gasteiger partial charge in [0.05, 0.1) is 0 Å². The first-order valence-corrected chi connectivity index (χ1v) is 11.2. The van der Waals surface area contributed by atoms with Gasteiger partial charge in [-0.25, -0.2) is 0 Å². The van der Waals surface area contributed by atoms with Gasteiger partial charge in [0.25, 0.3) is 0 Å². The zero-order chi connectivity index (χ0) is 19.3. The molecule has 0 spiro atoms. The smallest absolute Gasteiger partial charge is 0.228 e. The molecule has 0 bridgehead atoms. The Labute approximate surface area is 170 Å². The van der Waals surface area contributed by atoms with Crippen molar-refractivity contribution in [3.8, 4) is 0 Å². The van der Waals surface area contributed by atoms with E-state index in [0.29, 0.717) is 12.3 Å². The maximum atomic E-state index is 12.8. The highest BCUT2D eigenvalue weighted by atomic mass is 16.2. The van der Waals surface area contributed by atoms with Crippen LogP contribution in [-0.2, 0) is 11.2 Å². The van der Waals surface area contributed by atoms with Crippen LogP contribution in [-0.4, -0.2) is 86.6 Å². The highest BCUT2D eigenvalue weighted by Crippen LogP contribution is 2.27. The summed E-state index contributed by atoms with van der Waals surface area (Å²) in [6.45, 7) is 10.1. The summed E-state index contributed by atoms with van der Waals surface area (Å²) in [4.78, 5) is 22.4. The van der Waals surface area contributed by atoms with Crippen molar-refractivity contribution in [2.75, 3.05) is 70.9 Å². The van der Waals surface area contributed by atoms with Crippen LogP contribution in [0.2, 0.25) is 0 Å². The molecule has 0 radical (unpaired) electrons. The lowest BCUT2D eigenvalue weighted by Gasteiger charge is -2.38. The number of hydrogen-bond acceptors (Lipinski definition) is 4. The molecule has 3 aliphatic heterocycles. The van der Waals surface area contributed by atoms with Gasteiger partial charge in [0.1, 0.15) is 0 Å². The summed E-state index contributed by atoms with van der Waals surface area (Å²) in [5.41, 5.74) is 2.46. The minimum atomic E-state index is 0.293. The number of amides is 1. The van der Waals surface area contributed by atoms with E-state index in [1.54, 1.807) is 0 Å². The molecular formula is C23H36N4O. The zero-order valence-corrected chi connectivity index (χ0v) is 17.5. The van der Waals surface area contributed by atoms with Gasteiger partial charge in [0.15, 0.2) is 0 Å². The van der Waals surface area contributed by atoms with Crippen molar-refractivity contribution in [3.05, 3.63) is 29.8 Å². The van der Waals surface area contributed by atoms with Crippen molar-refractivity contribution in [2.45, 2.75) is 32.1 Å². The van der Waals surface area contributed by atoms with Gasteiger partial charge in [-0.2, -0.15) is 0 Å². The number of likely N-dealkylation sites (tertiary alicyclic amines) is 1. The van der Waals surface area contributed by atoms with E-state index in [9.17, 15) is 4.79 Å². The van der Waals surface area contributed by atoms with Crippen molar-refractivity contribution in [1.29, 1.82) is 0 Å². The summed E-state index contributed by atoms with van der Waals surface area (Å²) in [7, 11) is 2.23. The predicted octanol–water partition coefficient (Wildman–Crippen LogP) is 2.32. The number of piperidine rings is 1. The van der Waals surface area contributed by atoms with Crippen LogP contribution in [0.5, 0.6) is 0 Å². The van der Waals surface area contributed by atoms with Gasteiger partial charge in [-0.15, -0.1) is 0 Å². The molecule has 1 amide bonds. The Kier molecular flexibility index (Phi) is 6.65. The van der Waals surface area contributed by atoms with Crippen molar-refractivity contribution >= 4 is 11.6 Å². The molecule has 154 valence electrons. The average Bonchev–Trinajstić information content (AvgIpc) is 2.74. The molecule has 2 saturated heterocycles. The molecule has 0 atom stereocenters. The molecule has 0 saturated carbocycles. The van der Waals surface area contributed by atoms with Gasteiger partial charge in [-0.1, -0.05) is 18.2 Å². The number of nitrogens with zero attached hydrogens (tertiary/aromatic N) is 4. The quantitative estimate of drug-likeness (QED) is 0.779. The zero-order valence-electron chi connectivity index (χ0n) is 17.5. The Balaban J connectivity index is 1.19. The molecule has 5 nitrogen and oxygen atoms in total. The fourth-order valence-electron chi connectivity index (χ4n) is 4.99. The SMILES string of the molecule is CN1CCC(CN2CCN(CCC(=O)N3CCCc4ccccc43)CC2)CC1. The normalized spacial score (nSPS) is 23.0. The maximum Gasteiger partial charge on any atom is 0.228 e. The number of rotatable bonds is 5. The number of fused-ring (bicyclic) bond motifs is 1. The van der Waals surface area contributed by atoms with Gasteiger partial charge in [0, 0.05) is 57.9 Å². The second-order valence-corrected chi connectivity index (χ2v) is 8.92. The Morgan fingerprint density at radius 2 is 1.68 bits per heavy atom. The van der Waals surface area contributed by atoms with E-state index in [0.717, 1.165) is 63.7 Å². The third-order valence-corrected chi connectivity index (χ3v) is 6.87. The maximum absolute atomic E-state index is 12.8. The highest BCUT2D eigenvalue weighted by Gasteiger charge is 2.25. The van der Waals surface area contributed by atoms with E-state index in [1.165, 1.54) is 38.0 Å². The molecule has 0 aromatic heterocycles.